The molecule has 1 unspecified atom stereocenters. The smallest absolute Gasteiger partial charge is 0.338 e. The van der Waals surface area contributed by atoms with Gasteiger partial charge < -0.3 is 20.0 Å². The molecular formula is C18H23F3N4O2. The van der Waals surface area contributed by atoms with Crippen molar-refractivity contribution in [3.05, 3.63) is 29.8 Å². The van der Waals surface area contributed by atoms with Gasteiger partial charge >= 0.3 is 12.2 Å². The number of halogens is 3. The fourth-order valence-corrected chi connectivity index (χ4v) is 3.53. The maximum Gasteiger partial charge on any atom is 0.418 e. The first kappa shape index (κ1) is 19.5. The topological polar surface area (TPSA) is 55.9 Å². The van der Waals surface area contributed by atoms with Gasteiger partial charge in [0.2, 0.25) is 5.91 Å². The molecule has 2 aliphatic heterocycles. The van der Waals surface area contributed by atoms with E-state index in [4.69, 9.17) is 0 Å². The van der Waals surface area contributed by atoms with E-state index in [0.717, 1.165) is 19.2 Å². The molecule has 1 aromatic carbocycles. The Balaban J connectivity index is 1.70. The van der Waals surface area contributed by atoms with Crippen molar-refractivity contribution in [3.8, 4) is 0 Å². The van der Waals surface area contributed by atoms with Crippen molar-refractivity contribution in [1.29, 1.82) is 0 Å². The summed E-state index contributed by atoms with van der Waals surface area (Å²) in [4.78, 5) is 30.6. The van der Waals surface area contributed by atoms with Crippen LogP contribution in [0.2, 0.25) is 0 Å². The number of para-hydroxylation sites is 1. The van der Waals surface area contributed by atoms with Crippen molar-refractivity contribution < 1.29 is 22.8 Å². The normalized spacial score (nSPS) is 21.4. The summed E-state index contributed by atoms with van der Waals surface area (Å²) in [6.07, 6.45) is -3.39. The van der Waals surface area contributed by atoms with Crippen LogP contribution in [0.1, 0.15) is 18.4 Å². The third kappa shape index (κ3) is 4.35. The highest BCUT2D eigenvalue weighted by atomic mass is 19.4. The number of carbonyl (C=O) groups excluding carboxylic acids is 2. The monoisotopic (exact) mass is 384 g/mol. The summed E-state index contributed by atoms with van der Waals surface area (Å²) in [5, 5.41) is 2.34. The van der Waals surface area contributed by atoms with Crippen molar-refractivity contribution in [2.45, 2.75) is 25.1 Å². The van der Waals surface area contributed by atoms with Crippen LogP contribution in [0, 0.1) is 0 Å². The van der Waals surface area contributed by atoms with E-state index in [1.165, 1.54) is 23.1 Å². The van der Waals surface area contributed by atoms with Crippen molar-refractivity contribution in [2.75, 3.05) is 45.1 Å². The first-order valence-electron chi connectivity index (χ1n) is 8.98. The average molecular weight is 384 g/mol. The predicted octanol–water partition coefficient (Wildman–Crippen LogP) is 2.48. The fourth-order valence-electron chi connectivity index (χ4n) is 3.53. The lowest BCUT2D eigenvalue weighted by molar-refractivity contribution is -0.137. The molecule has 0 aromatic heterocycles. The molecule has 9 heteroatoms. The third-order valence-corrected chi connectivity index (χ3v) is 5.09. The second-order valence-electron chi connectivity index (χ2n) is 6.95. The van der Waals surface area contributed by atoms with Gasteiger partial charge in [-0.05, 0) is 32.0 Å². The van der Waals surface area contributed by atoms with Gasteiger partial charge in [0.25, 0.3) is 0 Å². The van der Waals surface area contributed by atoms with Gasteiger partial charge in [0.05, 0.1) is 11.3 Å². The van der Waals surface area contributed by atoms with Crippen LogP contribution in [0.15, 0.2) is 24.3 Å². The first-order valence-corrected chi connectivity index (χ1v) is 8.98. The van der Waals surface area contributed by atoms with Crippen molar-refractivity contribution in [1.82, 2.24) is 14.7 Å². The molecule has 1 N–H and O–H groups in total. The Bertz CT molecular complexity index is 702. The standard InChI is InChI=1S/C18H23F3N4O2/c1-23-9-11-24(12-10-23)16(26)15-7-4-8-25(15)17(27)22-14-6-3-2-5-13(14)18(19,20)21/h2-3,5-6,15H,4,7-12H2,1H3,(H,22,27). The minimum atomic E-state index is -4.57. The maximum atomic E-state index is 13.1. The van der Waals surface area contributed by atoms with Crippen LogP contribution in [-0.4, -0.2) is 72.5 Å². The van der Waals surface area contributed by atoms with Gasteiger partial charge in [-0.2, -0.15) is 13.2 Å². The zero-order valence-electron chi connectivity index (χ0n) is 15.1. The highest BCUT2D eigenvalue weighted by Crippen LogP contribution is 2.35. The molecular weight excluding hydrogens is 361 g/mol. The number of carbonyl (C=O) groups is 2. The van der Waals surface area contributed by atoms with Gasteiger partial charge in [-0.3, -0.25) is 4.79 Å². The molecule has 1 aromatic rings. The SMILES string of the molecule is CN1CCN(C(=O)C2CCCN2C(=O)Nc2ccccc2C(F)(F)F)CC1. The van der Waals surface area contributed by atoms with E-state index in [0.29, 0.717) is 32.5 Å². The average Bonchev–Trinajstić information content (AvgIpc) is 3.11. The Kier molecular flexibility index (Phi) is 5.59. The number of alkyl halides is 3. The van der Waals surface area contributed by atoms with Crippen LogP contribution < -0.4 is 5.32 Å². The zero-order valence-corrected chi connectivity index (χ0v) is 15.1. The van der Waals surface area contributed by atoms with Gasteiger partial charge in [0.15, 0.2) is 0 Å². The number of rotatable bonds is 2. The Morgan fingerprint density at radius 2 is 1.74 bits per heavy atom. The molecule has 3 amide bonds. The highest BCUT2D eigenvalue weighted by Gasteiger charge is 2.38. The summed E-state index contributed by atoms with van der Waals surface area (Å²) in [5.74, 6) is -0.125. The lowest BCUT2D eigenvalue weighted by atomic mass is 10.1. The Hall–Kier alpha value is -2.29. The fraction of sp³-hybridized carbons (Fsp3) is 0.556. The molecule has 148 valence electrons. The van der Waals surface area contributed by atoms with E-state index in [1.807, 2.05) is 7.05 Å². The van der Waals surface area contributed by atoms with Crippen LogP contribution in [0.25, 0.3) is 0 Å². The number of piperazine rings is 1. The molecule has 1 atom stereocenters. The molecule has 2 heterocycles. The number of nitrogens with one attached hydrogen (secondary N) is 1. The molecule has 2 aliphatic rings. The summed E-state index contributed by atoms with van der Waals surface area (Å²) < 4.78 is 39.4. The lowest BCUT2D eigenvalue weighted by Crippen LogP contribution is -2.54. The molecule has 0 bridgehead atoms. The van der Waals surface area contributed by atoms with Gasteiger partial charge in [0, 0.05) is 32.7 Å². The number of benzene rings is 1. The molecule has 2 fully saturated rings. The van der Waals surface area contributed by atoms with Crippen LogP contribution in [0.5, 0.6) is 0 Å². The van der Waals surface area contributed by atoms with Crippen molar-refractivity contribution >= 4 is 17.6 Å². The van der Waals surface area contributed by atoms with Crippen LogP contribution in [0.3, 0.4) is 0 Å². The highest BCUT2D eigenvalue weighted by molar-refractivity contribution is 5.94. The number of anilines is 1. The summed E-state index contributed by atoms with van der Waals surface area (Å²) in [6, 6.07) is 3.55. The molecule has 0 aliphatic carbocycles. The molecule has 6 nitrogen and oxygen atoms in total. The van der Waals surface area contributed by atoms with Crippen molar-refractivity contribution in [3.63, 3.8) is 0 Å². The van der Waals surface area contributed by atoms with Gasteiger partial charge in [0.1, 0.15) is 6.04 Å². The Morgan fingerprint density at radius 1 is 1.07 bits per heavy atom. The zero-order chi connectivity index (χ0) is 19.6. The quantitative estimate of drug-likeness (QED) is 0.852. The van der Waals surface area contributed by atoms with E-state index in [1.54, 1.807) is 4.90 Å². The molecule has 0 radical (unpaired) electrons. The van der Waals surface area contributed by atoms with E-state index in [9.17, 15) is 22.8 Å². The Morgan fingerprint density at radius 3 is 2.41 bits per heavy atom. The van der Waals surface area contributed by atoms with E-state index in [-0.39, 0.29) is 11.6 Å². The van der Waals surface area contributed by atoms with E-state index < -0.39 is 23.8 Å². The third-order valence-electron chi connectivity index (χ3n) is 5.09. The van der Waals surface area contributed by atoms with Crippen molar-refractivity contribution in [2.24, 2.45) is 0 Å². The number of nitrogens with zero attached hydrogens (tertiary/aromatic N) is 3. The van der Waals surface area contributed by atoms with E-state index in [2.05, 4.69) is 10.2 Å². The second kappa shape index (κ2) is 7.75. The largest absolute Gasteiger partial charge is 0.418 e. The van der Waals surface area contributed by atoms with Crippen LogP contribution in [0.4, 0.5) is 23.7 Å². The molecule has 2 saturated heterocycles. The summed E-state index contributed by atoms with van der Waals surface area (Å²) in [7, 11) is 1.98. The predicted molar refractivity (Wildman–Crippen MR) is 94.3 cm³/mol. The number of hydrogen-bond acceptors (Lipinski definition) is 3. The maximum absolute atomic E-state index is 13.1. The summed E-state index contributed by atoms with van der Waals surface area (Å²) >= 11 is 0. The van der Waals surface area contributed by atoms with E-state index >= 15 is 0 Å². The van der Waals surface area contributed by atoms with Gasteiger partial charge in [-0.1, -0.05) is 12.1 Å². The lowest BCUT2D eigenvalue weighted by Gasteiger charge is -2.35. The number of amides is 3. The number of likely N-dealkylation sites (N-methyl/N-ethyl adjacent to an activating group) is 1. The minimum absolute atomic E-state index is 0.125. The Labute approximate surface area is 155 Å². The summed E-state index contributed by atoms with van der Waals surface area (Å²) in [6.45, 7) is 3.08. The molecule has 3 rings (SSSR count). The minimum Gasteiger partial charge on any atom is -0.338 e. The number of urea groups is 1. The molecule has 0 spiro atoms. The molecule has 0 saturated carbocycles. The van der Waals surface area contributed by atoms with Crippen LogP contribution in [-0.2, 0) is 11.0 Å². The number of likely N-dealkylation sites (tertiary alicyclic amines) is 1. The second-order valence-corrected chi connectivity index (χ2v) is 6.95. The first-order chi connectivity index (χ1) is 12.8. The van der Waals surface area contributed by atoms with Gasteiger partial charge in [-0.25, -0.2) is 4.79 Å². The molecule has 27 heavy (non-hydrogen) atoms. The number of hydrogen-bond donors (Lipinski definition) is 1. The summed E-state index contributed by atoms with van der Waals surface area (Å²) in [5.41, 5.74) is -1.20. The van der Waals surface area contributed by atoms with Crippen LogP contribution >= 0.6 is 0 Å². The van der Waals surface area contributed by atoms with Gasteiger partial charge in [-0.15, -0.1) is 0 Å².